The van der Waals surface area contributed by atoms with Crippen molar-refractivity contribution >= 4 is 5.78 Å². The Hall–Kier alpha value is -0.370. The van der Waals surface area contributed by atoms with E-state index in [1.165, 1.54) is 45.2 Å². The molecular formula is C19H35NO. The smallest absolute Gasteiger partial charge is 0.137 e. The molecule has 0 N–H and O–H groups in total. The summed E-state index contributed by atoms with van der Waals surface area (Å²) in [6, 6.07) is 0. The molecule has 3 unspecified atom stereocenters. The molecule has 0 bridgehead atoms. The van der Waals surface area contributed by atoms with Crippen molar-refractivity contribution in [2.45, 2.75) is 72.1 Å². The van der Waals surface area contributed by atoms with Crippen molar-refractivity contribution in [3.05, 3.63) is 0 Å². The van der Waals surface area contributed by atoms with Crippen molar-refractivity contribution < 1.29 is 4.79 Å². The van der Waals surface area contributed by atoms with Gasteiger partial charge in [0.1, 0.15) is 5.78 Å². The Morgan fingerprint density at radius 3 is 2.71 bits per heavy atom. The van der Waals surface area contributed by atoms with Crippen molar-refractivity contribution in [3.8, 4) is 0 Å². The van der Waals surface area contributed by atoms with E-state index in [1.54, 1.807) is 0 Å². The van der Waals surface area contributed by atoms with Crippen molar-refractivity contribution in [1.29, 1.82) is 0 Å². The molecule has 2 rings (SSSR count). The summed E-state index contributed by atoms with van der Waals surface area (Å²) >= 11 is 0. The molecule has 1 heterocycles. The highest BCUT2D eigenvalue weighted by Gasteiger charge is 2.30. The fourth-order valence-corrected chi connectivity index (χ4v) is 4.39. The lowest BCUT2D eigenvalue weighted by Gasteiger charge is -2.32. The van der Waals surface area contributed by atoms with E-state index >= 15 is 0 Å². The summed E-state index contributed by atoms with van der Waals surface area (Å²) in [7, 11) is 0. The monoisotopic (exact) mass is 293 g/mol. The highest BCUT2D eigenvalue weighted by atomic mass is 16.1. The van der Waals surface area contributed by atoms with Gasteiger partial charge in [0, 0.05) is 18.9 Å². The van der Waals surface area contributed by atoms with Crippen LogP contribution in [0.25, 0.3) is 0 Å². The van der Waals surface area contributed by atoms with Gasteiger partial charge in [-0.3, -0.25) is 4.79 Å². The number of hydrogen-bond acceptors (Lipinski definition) is 2. The summed E-state index contributed by atoms with van der Waals surface area (Å²) in [4.78, 5) is 14.8. The van der Waals surface area contributed by atoms with Gasteiger partial charge < -0.3 is 4.90 Å². The maximum absolute atomic E-state index is 12.2. The van der Waals surface area contributed by atoms with Gasteiger partial charge in [-0.05, 0) is 62.9 Å². The molecule has 2 fully saturated rings. The lowest BCUT2D eigenvalue weighted by Crippen LogP contribution is -2.37. The van der Waals surface area contributed by atoms with Gasteiger partial charge in [-0.1, -0.05) is 33.6 Å². The third-order valence-electron chi connectivity index (χ3n) is 5.86. The van der Waals surface area contributed by atoms with Gasteiger partial charge in [0.25, 0.3) is 0 Å². The first-order valence-electron chi connectivity index (χ1n) is 9.35. The minimum Gasteiger partial charge on any atom is -0.303 e. The highest BCUT2D eigenvalue weighted by Crippen LogP contribution is 2.31. The quantitative estimate of drug-likeness (QED) is 0.742. The second-order valence-electron chi connectivity index (χ2n) is 7.83. The number of ketones is 1. The number of carbonyl (C=O) groups excluding carboxylic acids is 1. The Bertz CT molecular complexity index is 326. The van der Waals surface area contributed by atoms with E-state index in [4.69, 9.17) is 0 Å². The first-order chi connectivity index (χ1) is 10.1. The molecule has 0 radical (unpaired) electrons. The molecule has 122 valence electrons. The average molecular weight is 293 g/mol. The van der Waals surface area contributed by atoms with Crippen LogP contribution in [0.15, 0.2) is 0 Å². The predicted molar refractivity (Wildman–Crippen MR) is 89.4 cm³/mol. The third kappa shape index (κ3) is 5.09. The Kier molecular flexibility index (Phi) is 6.73. The molecule has 0 aromatic heterocycles. The van der Waals surface area contributed by atoms with E-state index in [9.17, 15) is 4.79 Å². The summed E-state index contributed by atoms with van der Waals surface area (Å²) < 4.78 is 0. The maximum atomic E-state index is 12.2. The Balaban J connectivity index is 1.83. The molecule has 3 atom stereocenters. The van der Waals surface area contributed by atoms with Gasteiger partial charge in [0.2, 0.25) is 0 Å². The molecule has 2 aliphatic rings. The minimum absolute atomic E-state index is 0.339. The van der Waals surface area contributed by atoms with Crippen LogP contribution in [-0.2, 0) is 4.79 Å². The molecule has 1 saturated carbocycles. The summed E-state index contributed by atoms with van der Waals surface area (Å²) in [6.45, 7) is 10.5. The number of carbonyl (C=O) groups is 1. The van der Waals surface area contributed by atoms with Crippen LogP contribution in [0.3, 0.4) is 0 Å². The van der Waals surface area contributed by atoms with Crippen molar-refractivity contribution in [1.82, 2.24) is 4.90 Å². The van der Waals surface area contributed by atoms with Crippen LogP contribution in [0.4, 0.5) is 0 Å². The van der Waals surface area contributed by atoms with Crippen LogP contribution in [0.5, 0.6) is 0 Å². The van der Waals surface area contributed by atoms with Crippen LogP contribution in [0, 0.1) is 23.7 Å². The second kappa shape index (κ2) is 8.31. The summed E-state index contributed by atoms with van der Waals surface area (Å²) in [5.41, 5.74) is 0. The number of rotatable bonds is 5. The standard InChI is InChI=1S/C19H35NO/c1-4-6-16-8-9-19(21)18(13-16)14-20-11-5-7-17(10-12-20)15(2)3/h15-18H,4-14H2,1-3H3. The maximum Gasteiger partial charge on any atom is 0.137 e. The molecule has 0 aromatic carbocycles. The normalized spacial score (nSPS) is 32.4. The average Bonchev–Trinajstić information content (AvgIpc) is 2.68. The topological polar surface area (TPSA) is 20.3 Å². The zero-order valence-electron chi connectivity index (χ0n) is 14.4. The van der Waals surface area contributed by atoms with Crippen molar-refractivity contribution in [3.63, 3.8) is 0 Å². The van der Waals surface area contributed by atoms with Crippen LogP contribution < -0.4 is 0 Å². The molecule has 2 heteroatoms. The van der Waals surface area contributed by atoms with Gasteiger partial charge in [-0.15, -0.1) is 0 Å². The zero-order chi connectivity index (χ0) is 15.2. The minimum atomic E-state index is 0.339. The molecule has 1 aliphatic heterocycles. The van der Waals surface area contributed by atoms with E-state index in [0.717, 1.165) is 43.6 Å². The number of likely N-dealkylation sites (tertiary alicyclic amines) is 1. The van der Waals surface area contributed by atoms with Crippen molar-refractivity contribution in [2.24, 2.45) is 23.7 Å². The van der Waals surface area contributed by atoms with E-state index in [0.29, 0.717) is 11.7 Å². The van der Waals surface area contributed by atoms with Gasteiger partial charge >= 0.3 is 0 Å². The highest BCUT2D eigenvalue weighted by molar-refractivity contribution is 5.81. The van der Waals surface area contributed by atoms with Gasteiger partial charge in [-0.25, -0.2) is 0 Å². The first kappa shape index (κ1) is 17.0. The van der Waals surface area contributed by atoms with E-state index in [-0.39, 0.29) is 0 Å². The lowest BCUT2D eigenvalue weighted by molar-refractivity contribution is -0.126. The molecule has 0 amide bonds. The first-order valence-corrected chi connectivity index (χ1v) is 9.35. The molecule has 21 heavy (non-hydrogen) atoms. The predicted octanol–water partition coefficient (Wildman–Crippen LogP) is 4.53. The van der Waals surface area contributed by atoms with E-state index in [2.05, 4.69) is 25.7 Å². The van der Waals surface area contributed by atoms with Crippen LogP contribution in [0.1, 0.15) is 72.1 Å². The summed E-state index contributed by atoms with van der Waals surface area (Å²) in [5.74, 6) is 3.41. The Morgan fingerprint density at radius 1 is 1.19 bits per heavy atom. The molecule has 1 aliphatic carbocycles. The van der Waals surface area contributed by atoms with Crippen LogP contribution in [0.2, 0.25) is 0 Å². The molecule has 1 saturated heterocycles. The Labute approximate surface area is 131 Å². The van der Waals surface area contributed by atoms with Crippen LogP contribution >= 0.6 is 0 Å². The largest absolute Gasteiger partial charge is 0.303 e. The fourth-order valence-electron chi connectivity index (χ4n) is 4.39. The fraction of sp³-hybridized carbons (Fsp3) is 0.947. The second-order valence-corrected chi connectivity index (χ2v) is 7.83. The third-order valence-corrected chi connectivity index (χ3v) is 5.86. The van der Waals surface area contributed by atoms with Crippen molar-refractivity contribution in [2.75, 3.05) is 19.6 Å². The number of nitrogens with zero attached hydrogens (tertiary/aromatic N) is 1. The number of hydrogen-bond donors (Lipinski definition) is 0. The van der Waals surface area contributed by atoms with E-state index in [1.807, 2.05) is 0 Å². The number of Topliss-reactive ketones (excluding diaryl/α,β-unsaturated/α-hetero) is 1. The van der Waals surface area contributed by atoms with Gasteiger partial charge in [0.15, 0.2) is 0 Å². The molecule has 0 spiro atoms. The zero-order valence-corrected chi connectivity index (χ0v) is 14.4. The summed E-state index contributed by atoms with van der Waals surface area (Å²) in [6.07, 6.45) is 9.78. The molecular weight excluding hydrogens is 258 g/mol. The Morgan fingerprint density at radius 2 is 2.00 bits per heavy atom. The van der Waals surface area contributed by atoms with Crippen LogP contribution in [-0.4, -0.2) is 30.3 Å². The lowest BCUT2D eigenvalue weighted by atomic mass is 9.78. The molecule has 2 nitrogen and oxygen atoms in total. The SMILES string of the molecule is CCCC1CCC(=O)C(CN2CCCC(C(C)C)CC2)C1. The van der Waals surface area contributed by atoms with E-state index < -0.39 is 0 Å². The van der Waals surface area contributed by atoms with Gasteiger partial charge in [-0.2, -0.15) is 0 Å². The summed E-state index contributed by atoms with van der Waals surface area (Å²) in [5, 5.41) is 0. The van der Waals surface area contributed by atoms with Gasteiger partial charge in [0.05, 0.1) is 0 Å². The molecule has 0 aromatic rings.